The Balaban J connectivity index is 0.00000112. The number of hydrogen-bond acceptors (Lipinski definition) is 2. The van der Waals surface area contributed by atoms with Crippen LogP contribution in [-0.2, 0) is 0 Å². The molecule has 0 atom stereocenters. The maximum Gasteiger partial charge on any atom is 0.0627 e. The van der Waals surface area contributed by atoms with Crippen molar-refractivity contribution in [2.75, 3.05) is 11.5 Å². The summed E-state index contributed by atoms with van der Waals surface area (Å²) in [5.41, 5.74) is 15.0. The first kappa shape index (κ1) is 11.1. The second-order valence-corrected chi connectivity index (χ2v) is 3.17. The highest BCUT2D eigenvalue weighted by Crippen LogP contribution is 2.29. The van der Waals surface area contributed by atoms with Crippen molar-refractivity contribution in [1.82, 2.24) is 0 Å². The van der Waals surface area contributed by atoms with Crippen molar-refractivity contribution in [3.05, 3.63) is 48.5 Å². The molecule has 15 heavy (non-hydrogen) atoms. The smallest absolute Gasteiger partial charge is 0.0627 e. The molecule has 4 N–H and O–H groups in total. The highest BCUT2D eigenvalue weighted by molar-refractivity contribution is 5.84. The summed E-state index contributed by atoms with van der Waals surface area (Å²) in [7, 11) is 0. The van der Waals surface area contributed by atoms with Gasteiger partial charge in [-0.2, -0.15) is 0 Å². The Morgan fingerprint density at radius 3 is 2.07 bits per heavy atom. The van der Waals surface area contributed by atoms with Crippen LogP contribution in [0.4, 0.5) is 11.4 Å². The van der Waals surface area contributed by atoms with Crippen LogP contribution in [0.25, 0.3) is 11.1 Å². The van der Waals surface area contributed by atoms with Gasteiger partial charge in [-0.15, -0.1) is 0 Å². The minimum atomic E-state index is 0. The zero-order valence-corrected chi connectivity index (χ0v) is 7.77. The van der Waals surface area contributed by atoms with E-state index in [0.717, 1.165) is 11.1 Å². The van der Waals surface area contributed by atoms with Gasteiger partial charge in [0.05, 0.1) is 11.4 Å². The Morgan fingerprint density at radius 2 is 1.40 bits per heavy atom. The lowest BCUT2D eigenvalue weighted by Gasteiger charge is -2.07. The molecule has 78 valence electrons. The highest BCUT2D eigenvalue weighted by Gasteiger charge is 2.03. The van der Waals surface area contributed by atoms with Crippen molar-refractivity contribution in [2.24, 2.45) is 0 Å². The third-order valence-electron chi connectivity index (χ3n) is 2.22. The molecule has 0 aromatic heterocycles. The third-order valence-corrected chi connectivity index (χ3v) is 2.22. The number of nitrogens with two attached hydrogens (primary N) is 2. The van der Waals surface area contributed by atoms with Gasteiger partial charge < -0.3 is 11.5 Å². The lowest BCUT2D eigenvalue weighted by Crippen LogP contribution is -1.96. The Kier molecular flexibility index (Phi) is 3.34. The molecule has 2 nitrogen and oxygen atoms in total. The average Bonchev–Trinajstić information content (AvgIpc) is 2.23. The lowest BCUT2D eigenvalue weighted by molar-refractivity contribution is 1.60. The van der Waals surface area contributed by atoms with Crippen LogP contribution in [-0.4, -0.2) is 0 Å². The standard InChI is InChI=1S/C12H12N2.CH4/c13-11-8-4-7-10(12(11)14)9-5-2-1-3-6-9;/h1-8H,13-14H2;1H4. The maximum atomic E-state index is 5.89. The molecule has 0 spiro atoms. The summed E-state index contributed by atoms with van der Waals surface area (Å²) in [5.74, 6) is 0. The molecule has 0 aliphatic carbocycles. The van der Waals surface area contributed by atoms with Crippen molar-refractivity contribution >= 4 is 11.4 Å². The Hall–Kier alpha value is -1.96. The first-order valence-electron chi connectivity index (χ1n) is 4.48. The quantitative estimate of drug-likeness (QED) is 0.695. The van der Waals surface area contributed by atoms with Crippen LogP contribution in [0.5, 0.6) is 0 Å². The average molecular weight is 200 g/mol. The van der Waals surface area contributed by atoms with Gasteiger partial charge in [0.1, 0.15) is 0 Å². The SMILES string of the molecule is C.Nc1cccc(-c2ccccc2)c1N. The molecule has 0 saturated carbocycles. The lowest BCUT2D eigenvalue weighted by atomic mass is 10.0. The number of benzene rings is 2. The van der Waals surface area contributed by atoms with Crippen LogP contribution in [0, 0.1) is 0 Å². The van der Waals surface area contributed by atoms with E-state index < -0.39 is 0 Å². The molecular formula is C13H16N2. The summed E-state index contributed by atoms with van der Waals surface area (Å²) >= 11 is 0. The number of anilines is 2. The molecule has 0 aliphatic heterocycles. The van der Waals surface area contributed by atoms with E-state index in [2.05, 4.69) is 0 Å². The molecule has 0 bridgehead atoms. The van der Waals surface area contributed by atoms with Gasteiger partial charge >= 0.3 is 0 Å². The van der Waals surface area contributed by atoms with E-state index in [9.17, 15) is 0 Å². The van der Waals surface area contributed by atoms with Crippen molar-refractivity contribution < 1.29 is 0 Å². The van der Waals surface area contributed by atoms with E-state index in [1.54, 1.807) is 0 Å². The molecule has 0 fully saturated rings. The molecule has 0 unspecified atom stereocenters. The van der Waals surface area contributed by atoms with Gasteiger partial charge in [-0.3, -0.25) is 0 Å². The van der Waals surface area contributed by atoms with E-state index in [1.807, 2.05) is 48.5 Å². The number of hydrogen-bond donors (Lipinski definition) is 2. The second-order valence-electron chi connectivity index (χ2n) is 3.17. The summed E-state index contributed by atoms with van der Waals surface area (Å²) in [4.78, 5) is 0. The molecular weight excluding hydrogens is 184 g/mol. The summed E-state index contributed by atoms with van der Waals surface area (Å²) in [6, 6.07) is 15.7. The predicted octanol–water partition coefficient (Wildman–Crippen LogP) is 3.15. The summed E-state index contributed by atoms with van der Waals surface area (Å²) < 4.78 is 0. The van der Waals surface area contributed by atoms with Gasteiger partial charge in [0, 0.05) is 5.56 Å². The van der Waals surface area contributed by atoms with E-state index in [0.29, 0.717) is 11.4 Å². The van der Waals surface area contributed by atoms with Gasteiger partial charge in [-0.25, -0.2) is 0 Å². The van der Waals surface area contributed by atoms with E-state index >= 15 is 0 Å². The van der Waals surface area contributed by atoms with Crippen LogP contribution >= 0.6 is 0 Å². The fourth-order valence-corrected chi connectivity index (χ4v) is 1.45. The number of nitrogen functional groups attached to an aromatic ring is 2. The van der Waals surface area contributed by atoms with Crippen LogP contribution in [0.2, 0.25) is 0 Å². The molecule has 0 amide bonds. The monoisotopic (exact) mass is 200 g/mol. The molecule has 0 radical (unpaired) electrons. The number of rotatable bonds is 1. The fraction of sp³-hybridized carbons (Fsp3) is 0.0769. The van der Waals surface area contributed by atoms with Crippen molar-refractivity contribution in [3.8, 4) is 11.1 Å². The Bertz CT molecular complexity index is 436. The molecule has 2 aromatic carbocycles. The zero-order chi connectivity index (χ0) is 9.97. The minimum Gasteiger partial charge on any atom is -0.397 e. The number of para-hydroxylation sites is 1. The molecule has 0 heterocycles. The van der Waals surface area contributed by atoms with Gasteiger partial charge in [0.2, 0.25) is 0 Å². The Labute approximate surface area is 90.5 Å². The van der Waals surface area contributed by atoms with E-state index in [4.69, 9.17) is 11.5 Å². The minimum absolute atomic E-state index is 0. The highest BCUT2D eigenvalue weighted by atomic mass is 14.7. The summed E-state index contributed by atoms with van der Waals surface area (Å²) in [6.45, 7) is 0. The second kappa shape index (κ2) is 4.51. The summed E-state index contributed by atoms with van der Waals surface area (Å²) in [6.07, 6.45) is 0. The third kappa shape index (κ3) is 2.10. The molecule has 0 aliphatic rings. The van der Waals surface area contributed by atoms with Crippen LogP contribution in [0.15, 0.2) is 48.5 Å². The maximum absolute atomic E-state index is 5.89. The van der Waals surface area contributed by atoms with Gasteiger partial charge in [-0.1, -0.05) is 49.9 Å². The topological polar surface area (TPSA) is 52.0 Å². The first-order chi connectivity index (χ1) is 6.79. The molecule has 2 aromatic rings. The van der Waals surface area contributed by atoms with Gasteiger partial charge in [-0.05, 0) is 11.6 Å². The van der Waals surface area contributed by atoms with Gasteiger partial charge in [0.25, 0.3) is 0 Å². The molecule has 0 saturated heterocycles. The zero-order valence-electron chi connectivity index (χ0n) is 7.77. The van der Waals surface area contributed by atoms with Crippen molar-refractivity contribution in [1.29, 1.82) is 0 Å². The molecule has 2 rings (SSSR count). The van der Waals surface area contributed by atoms with Crippen LogP contribution < -0.4 is 11.5 Å². The normalized spacial score (nSPS) is 9.33. The van der Waals surface area contributed by atoms with E-state index in [-0.39, 0.29) is 7.43 Å². The summed E-state index contributed by atoms with van der Waals surface area (Å²) in [5, 5.41) is 0. The van der Waals surface area contributed by atoms with Crippen molar-refractivity contribution in [3.63, 3.8) is 0 Å². The Morgan fingerprint density at radius 1 is 0.733 bits per heavy atom. The van der Waals surface area contributed by atoms with Crippen LogP contribution in [0.1, 0.15) is 7.43 Å². The van der Waals surface area contributed by atoms with E-state index in [1.165, 1.54) is 0 Å². The first-order valence-corrected chi connectivity index (χ1v) is 4.48. The molecule has 2 heteroatoms. The van der Waals surface area contributed by atoms with Gasteiger partial charge in [0.15, 0.2) is 0 Å². The predicted molar refractivity (Wildman–Crippen MR) is 67.4 cm³/mol. The van der Waals surface area contributed by atoms with Crippen molar-refractivity contribution in [2.45, 2.75) is 7.43 Å². The fourth-order valence-electron chi connectivity index (χ4n) is 1.45. The van der Waals surface area contributed by atoms with Crippen LogP contribution in [0.3, 0.4) is 0 Å². The largest absolute Gasteiger partial charge is 0.397 e.